The Hall–Kier alpha value is -2.62. The molecule has 2 aromatic rings. The predicted octanol–water partition coefficient (Wildman–Crippen LogP) is 4.19. The molecule has 0 amide bonds. The number of Topliss-reactive ketones (excluding diaryl/α,β-unsaturated/α-hetero) is 2. The molecule has 0 saturated heterocycles. The maximum Gasteiger partial charge on any atom is 0.173 e. The summed E-state index contributed by atoms with van der Waals surface area (Å²) < 4.78 is 10.2. The zero-order chi connectivity index (χ0) is 17.5. The van der Waals surface area contributed by atoms with Gasteiger partial charge in [0.1, 0.15) is 11.5 Å². The molecule has 0 aliphatic heterocycles. The van der Waals surface area contributed by atoms with Crippen molar-refractivity contribution in [3.05, 3.63) is 59.7 Å². The summed E-state index contributed by atoms with van der Waals surface area (Å²) in [5.41, 5.74) is 1.05. The number of hydrogen-bond donors (Lipinski definition) is 0. The molecule has 0 fully saturated rings. The van der Waals surface area contributed by atoms with Crippen LogP contribution >= 0.6 is 0 Å². The summed E-state index contributed by atoms with van der Waals surface area (Å²) in [5.74, 6) is 0.387. The van der Waals surface area contributed by atoms with Crippen LogP contribution in [0.5, 0.6) is 11.5 Å². The predicted molar refractivity (Wildman–Crippen MR) is 93.0 cm³/mol. The molecule has 0 heterocycles. The van der Waals surface area contributed by atoms with Gasteiger partial charge in [0.25, 0.3) is 0 Å². The van der Waals surface area contributed by atoms with Crippen molar-refractivity contribution < 1.29 is 19.1 Å². The lowest BCUT2D eigenvalue weighted by molar-refractivity contribution is 0.0798. The number of carbonyl (C=O) groups is 2. The summed E-state index contributed by atoms with van der Waals surface area (Å²) >= 11 is 0. The second-order valence-corrected chi connectivity index (χ2v) is 5.53. The van der Waals surface area contributed by atoms with Gasteiger partial charge in [-0.2, -0.15) is 0 Å². The average Bonchev–Trinajstić information content (AvgIpc) is 2.65. The molecule has 0 aliphatic rings. The van der Waals surface area contributed by atoms with Crippen molar-refractivity contribution in [1.29, 1.82) is 0 Å². The Bertz CT molecular complexity index is 627. The summed E-state index contributed by atoms with van der Waals surface area (Å²) in [4.78, 5) is 25.6. The van der Waals surface area contributed by atoms with Crippen LogP contribution in [0.4, 0.5) is 0 Å². The Balaban J connectivity index is 2.25. The first-order valence-corrected chi connectivity index (χ1v) is 7.97. The van der Waals surface area contributed by atoms with Crippen molar-refractivity contribution in [1.82, 2.24) is 0 Å². The molecular weight excluding hydrogens is 304 g/mol. The van der Waals surface area contributed by atoms with Crippen LogP contribution in [0.3, 0.4) is 0 Å². The maximum atomic E-state index is 12.8. The topological polar surface area (TPSA) is 52.6 Å². The molecule has 0 bridgehead atoms. The van der Waals surface area contributed by atoms with Crippen molar-refractivity contribution in [3.8, 4) is 11.5 Å². The van der Waals surface area contributed by atoms with E-state index < -0.39 is 5.92 Å². The lowest BCUT2D eigenvalue weighted by Gasteiger charge is -2.15. The van der Waals surface area contributed by atoms with E-state index in [1.54, 1.807) is 62.8 Å². The molecule has 0 spiro atoms. The smallest absolute Gasteiger partial charge is 0.173 e. The molecule has 0 N–H and O–H groups in total. The van der Waals surface area contributed by atoms with Gasteiger partial charge in [-0.3, -0.25) is 9.59 Å². The van der Waals surface area contributed by atoms with Crippen LogP contribution in [0.2, 0.25) is 0 Å². The van der Waals surface area contributed by atoms with Crippen LogP contribution in [-0.2, 0) is 0 Å². The van der Waals surface area contributed by atoms with E-state index in [1.165, 1.54) is 0 Å². The Morgan fingerprint density at radius 3 is 1.46 bits per heavy atom. The fourth-order valence-corrected chi connectivity index (χ4v) is 2.58. The van der Waals surface area contributed by atoms with Crippen molar-refractivity contribution in [3.63, 3.8) is 0 Å². The van der Waals surface area contributed by atoms with Crippen LogP contribution in [0, 0.1) is 5.92 Å². The van der Waals surface area contributed by atoms with E-state index in [4.69, 9.17) is 9.47 Å². The van der Waals surface area contributed by atoms with Crippen LogP contribution < -0.4 is 9.47 Å². The van der Waals surface area contributed by atoms with Crippen LogP contribution in [0.1, 0.15) is 40.5 Å². The molecule has 126 valence electrons. The van der Waals surface area contributed by atoms with E-state index in [-0.39, 0.29) is 11.6 Å². The maximum absolute atomic E-state index is 12.8. The molecule has 4 heteroatoms. The first-order valence-electron chi connectivity index (χ1n) is 7.97. The minimum atomic E-state index is -0.670. The molecule has 0 aliphatic carbocycles. The number of carbonyl (C=O) groups excluding carboxylic acids is 2. The molecule has 2 rings (SSSR count). The molecule has 2 aromatic carbocycles. The summed E-state index contributed by atoms with van der Waals surface area (Å²) in [7, 11) is 3.15. The zero-order valence-corrected chi connectivity index (χ0v) is 14.2. The van der Waals surface area contributed by atoms with E-state index in [0.29, 0.717) is 29.0 Å². The van der Waals surface area contributed by atoms with E-state index >= 15 is 0 Å². The number of hydrogen-bond acceptors (Lipinski definition) is 4. The second kappa shape index (κ2) is 8.29. The van der Waals surface area contributed by atoms with Crippen molar-refractivity contribution in [2.24, 2.45) is 5.92 Å². The first-order chi connectivity index (χ1) is 11.6. The molecule has 0 aromatic heterocycles. The minimum absolute atomic E-state index is 0.152. The monoisotopic (exact) mass is 326 g/mol. The van der Waals surface area contributed by atoms with Crippen LogP contribution in [0.15, 0.2) is 48.5 Å². The average molecular weight is 326 g/mol. The normalized spacial score (nSPS) is 10.5. The van der Waals surface area contributed by atoms with Gasteiger partial charge in [0.2, 0.25) is 0 Å². The van der Waals surface area contributed by atoms with Gasteiger partial charge < -0.3 is 9.47 Å². The van der Waals surface area contributed by atoms with Gasteiger partial charge in [0.05, 0.1) is 20.1 Å². The van der Waals surface area contributed by atoms with Crippen LogP contribution in [0.25, 0.3) is 0 Å². The lowest BCUT2D eigenvalue weighted by Crippen LogP contribution is -2.24. The third-order valence-corrected chi connectivity index (χ3v) is 3.96. The van der Waals surface area contributed by atoms with Crippen molar-refractivity contribution in [2.45, 2.75) is 19.8 Å². The lowest BCUT2D eigenvalue weighted by atomic mass is 9.87. The number of rotatable bonds is 8. The third-order valence-electron chi connectivity index (χ3n) is 3.96. The fourth-order valence-electron chi connectivity index (χ4n) is 2.58. The van der Waals surface area contributed by atoms with E-state index in [2.05, 4.69) is 0 Å². The van der Waals surface area contributed by atoms with Gasteiger partial charge in [-0.05, 0) is 55.0 Å². The van der Waals surface area contributed by atoms with Crippen molar-refractivity contribution >= 4 is 11.6 Å². The Labute approximate surface area is 142 Å². The Kier molecular flexibility index (Phi) is 6.13. The van der Waals surface area contributed by atoms with Gasteiger partial charge in [-0.25, -0.2) is 0 Å². The number of methoxy groups -OCH3 is 2. The summed E-state index contributed by atoms with van der Waals surface area (Å²) in [6, 6.07) is 13.7. The Morgan fingerprint density at radius 1 is 0.792 bits per heavy atom. The third kappa shape index (κ3) is 4.02. The summed E-state index contributed by atoms with van der Waals surface area (Å²) in [6.07, 6.45) is 1.28. The molecule has 0 radical (unpaired) electrons. The minimum Gasteiger partial charge on any atom is -0.497 e. The number of ketones is 2. The SMILES string of the molecule is CCCC(C(=O)c1ccc(OC)cc1)C(=O)c1ccc(OC)cc1. The first kappa shape index (κ1) is 17.7. The standard InChI is InChI=1S/C20H22O4/c1-4-5-18(19(21)14-6-10-16(23-2)11-7-14)20(22)15-8-12-17(24-3)13-9-15/h6-13,18H,4-5H2,1-3H3. The molecule has 24 heavy (non-hydrogen) atoms. The van der Waals surface area contributed by atoms with Gasteiger partial charge >= 0.3 is 0 Å². The van der Waals surface area contributed by atoms with E-state index in [9.17, 15) is 9.59 Å². The largest absolute Gasteiger partial charge is 0.497 e. The van der Waals surface area contributed by atoms with Gasteiger partial charge in [-0.1, -0.05) is 13.3 Å². The Morgan fingerprint density at radius 2 is 1.17 bits per heavy atom. The molecule has 0 saturated carbocycles. The number of ether oxygens (including phenoxy) is 2. The summed E-state index contributed by atoms with van der Waals surface area (Å²) in [6.45, 7) is 1.97. The highest BCUT2D eigenvalue weighted by Gasteiger charge is 2.27. The molecule has 0 unspecified atom stereocenters. The zero-order valence-electron chi connectivity index (χ0n) is 14.2. The van der Waals surface area contributed by atoms with E-state index in [1.807, 2.05) is 6.92 Å². The highest BCUT2D eigenvalue weighted by atomic mass is 16.5. The number of benzene rings is 2. The second-order valence-electron chi connectivity index (χ2n) is 5.53. The van der Waals surface area contributed by atoms with E-state index in [0.717, 1.165) is 6.42 Å². The fraction of sp³-hybridized carbons (Fsp3) is 0.300. The molecule has 0 atom stereocenters. The molecule has 4 nitrogen and oxygen atoms in total. The van der Waals surface area contributed by atoms with Gasteiger partial charge in [-0.15, -0.1) is 0 Å². The molecular formula is C20H22O4. The summed E-state index contributed by atoms with van der Waals surface area (Å²) in [5, 5.41) is 0. The highest BCUT2D eigenvalue weighted by Crippen LogP contribution is 2.22. The highest BCUT2D eigenvalue weighted by molar-refractivity contribution is 6.16. The quantitative estimate of drug-likeness (QED) is 0.539. The van der Waals surface area contributed by atoms with Crippen LogP contribution in [-0.4, -0.2) is 25.8 Å². The van der Waals surface area contributed by atoms with Crippen molar-refractivity contribution in [2.75, 3.05) is 14.2 Å². The van der Waals surface area contributed by atoms with Gasteiger partial charge in [0.15, 0.2) is 11.6 Å². The van der Waals surface area contributed by atoms with Gasteiger partial charge in [0, 0.05) is 11.1 Å².